The summed E-state index contributed by atoms with van der Waals surface area (Å²) in [6, 6.07) is 13.3. The molecule has 0 radical (unpaired) electrons. The number of hydrogen-bond acceptors (Lipinski definition) is 5. The quantitative estimate of drug-likeness (QED) is 0.745. The summed E-state index contributed by atoms with van der Waals surface area (Å²) >= 11 is 0. The molecule has 1 N–H and O–H groups in total. The van der Waals surface area contributed by atoms with E-state index in [2.05, 4.69) is 20.5 Å². The van der Waals surface area contributed by atoms with E-state index in [9.17, 15) is 9.59 Å². The lowest BCUT2D eigenvalue weighted by atomic mass is 10.1. The maximum atomic E-state index is 12.5. The molecular weight excluding hydrogens is 344 g/mol. The van der Waals surface area contributed by atoms with Crippen molar-refractivity contribution in [1.82, 2.24) is 24.6 Å². The molecule has 136 valence electrons. The number of benzene rings is 1. The zero-order valence-corrected chi connectivity index (χ0v) is 14.5. The van der Waals surface area contributed by atoms with Crippen LogP contribution in [0.1, 0.15) is 12.0 Å². The maximum Gasteiger partial charge on any atom is 0.229 e. The number of aromatic nitrogens is 4. The number of pyridine rings is 1. The molecule has 2 aromatic heterocycles. The van der Waals surface area contributed by atoms with Crippen molar-refractivity contribution in [1.29, 1.82) is 0 Å². The molecule has 0 saturated carbocycles. The highest BCUT2D eigenvalue weighted by molar-refractivity contribution is 5.97. The van der Waals surface area contributed by atoms with E-state index < -0.39 is 0 Å². The van der Waals surface area contributed by atoms with E-state index in [-0.39, 0.29) is 24.2 Å². The average molecular weight is 362 g/mol. The van der Waals surface area contributed by atoms with E-state index in [1.807, 2.05) is 30.3 Å². The predicted molar refractivity (Wildman–Crippen MR) is 97.7 cm³/mol. The number of rotatable bonds is 5. The third-order valence-corrected chi connectivity index (χ3v) is 4.50. The first-order valence-corrected chi connectivity index (χ1v) is 8.62. The molecule has 27 heavy (non-hydrogen) atoms. The third kappa shape index (κ3) is 3.84. The molecule has 8 heteroatoms. The second-order valence-corrected chi connectivity index (χ2v) is 6.42. The monoisotopic (exact) mass is 362 g/mol. The Morgan fingerprint density at radius 1 is 1.11 bits per heavy atom. The molecule has 1 unspecified atom stereocenters. The topological polar surface area (TPSA) is 93.0 Å². The van der Waals surface area contributed by atoms with Gasteiger partial charge in [-0.3, -0.25) is 14.2 Å². The number of anilines is 1. The van der Waals surface area contributed by atoms with Crippen LogP contribution >= 0.6 is 0 Å². The van der Waals surface area contributed by atoms with Gasteiger partial charge < -0.3 is 10.2 Å². The SMILES string of the molecule is O=C(Nc1ccc(-n2cnnc2)nc1)C1CC(=O)N(Cc2ccccc2)C1. The number of likely N-dealkylation sites (tertiary alicyclic amines) is 1. The summed E-state index contributed by atoms with van der Waals surface area (Å²) in [6.07, 6.45) is 4.90. The molecule has 3 heterocycles. The number of nitrogens with zero attached hydrogens (tertiary/aromatic N) is 5. The summed E-state index contributed by atoms with van der Waals surface area (Å²) in [5.74, 6) is 0.125. The van der Waals surface area contributed by atoms with Crippen molar-refractivity contribution in [3.05, 3.63) is 66.9 Å². The molecular formula is C19H18N6O2. The van der Waals surface area contributed by atoms with Crippen molar-refractivity contribution < 1.29 is 9.59 Å². The van der Waals surface area contributed by atoms with E-state index in [0.29, 0.717) is 24.6 Å². The number of hydrogen-bond donors (Lipinski definition) is 1. The fraction of sp³-hybridized carbons (Fsp3) is 0.211. The van der Waals surface area contributed by atoms with Crippen LogP contribution in [0, 0.1) is 5.92 Å². The molecule has 1 aromatic carbocycles. The van der Waals surface area contributed by atoms with Crippen LogP contribution in [-0.2, 0) is 16.1 Å². The summed E-state index contributed by atoms with van der Waals surface area (Å²) in [5, 5.41) is 10.3. The molecule has 2 amide bonds. The molecule has 8 nitrogen and oxygen atoms in total. The Hall–Kier alpha value is -3.55. The Bertz CT molecular complexity index is 925. The molecule has 0 bridgehead atoms. The smallest absolute Gasteiger partial charge is 0.229 e. The van der Waals surface area contributed by atoms with Gasteiger partial charge >= 0.3 is 0 Å². The number of carbonyl (C=O) groups excluding carboxylic acids is 2. The zero-order chi connectivity index (χ0) is 18.6. The van der Waals surface area contributed by atoms with Gasteiger partial charge in [-0.05, 0) is 17.7 Å². The lowest BCUT2D eigenvalue weighted by Crippen LogP contribution is -2.28. The highest BCUT2D eigenvalue weighted by Crippen LogP contribution is 2.22. The van der Waals surface area contributed by atoms with E-state index in [4.69, 9.17) is 0 Å². The Morgan fingerprint density at radius 2 is 1.89 bits per heavy atom. The first-order chi connectivity index (χ1) is 13.2. The van der Waals surface area contributed by atoms with Gasteiger partial charge in [0, 0.05) is 19.5 Å². The Balaban J connectivity index is 1.36. The first-order valence-electron chi connectivity index (χ1n) is 8.62. The number of nitrogens with one attached hydrogen (secondary N) is 1. The highest BCUT2D eigenvalue weighted by atomic mass is 16.2. The van der Waals surface area contributed by atoms with Gasteiger partial charge in [-0.1, -0.05) is 30.3 Å². The lowest BCUT2D eigenvalue weighted by molar-refractivity contribution is -0.128. The second kappa shape index (κ2) is 7.36. The third-order valence-electron chi connectivity index (χ3n) is 4.50. The summed E-state index contributed by atoms with van der Waals surface area (Å²) in [4.78, 5) is 30.8. The minimum atomic E-state index is -0.362. The van der Waals surface area contributed by atoms with Gasteiger partial charge in [0.15, 0.2) is 0 Å². The molecule has 0 spiro atoms. The van der Waals surface area contributed by atoms with Crippen molar-refractivity contribution >= 4 is 17.5 Å². The summed E-state index contributed by atoms with van der Waals surface area (Å²) in [7, 11) is 0. The van der Waals surface area contributed by atoms with Crippen LogP contribution < -0.4 is 5.32 Å². The van der Waals surface area contributed by atoms with Crippen LogP contribution in [0.3, 0.4) is 0 Å². The van der Waals surface area contributed by atoms with E-state index in [1.165, 1.54) is 0 Å². The molecule has 3 aromatic rings. The summed E-state index contributed by atoms with van der Waals surface area (Å²) < 4.78 is 1.67. The van der Waals surface area contributed by atoms with Crippen LogP contribution in [0.4, 0.5) is 5.69 Å². The second-order valence-electron chi connectivity index (χ2n) is 6.42. The molecule has 1 aliphatic rings. The zero-order valence-electron chi connectivity index (χ0n) is 14.5. The van der Waals surface area contributed by atoms with Crippen molar-refractivity contribution in [2.24, 2.45) is 5.92 Å². The fourth-order valence-electron chi connectivity index (χ4n) is 3.08. The normalized spacial score (nSPS) is 16.5. The molecule has 1 saturated heterocycles. The largest absolute Gasteiger partial charge is 0.338 e. The van der Waals surface area contributed by atoms with Gasteiger partial charge in [0.25, 0.3) is 0 Å². The van der Waals surface area contributed by atoms with Gasteiger partial charge in [-0.2, -0.15) is 0 Å². The molecule has 1 aliphatic heterocycles. The average Bonchev–Trinajstić information content (AvgIpc) is 3.34. The fourth-order valence-corrected chi connectivity index (χ4v) is 3.08. The Kier molecular flexibility index (Phi) is 4.61. The number of amides is 2. The van der Waals surface area contributed by atoms with Crippen LogP contribution in [0.15, 0.2) is 61.3 Å². The van der Waals surface area contributed by atoms with Crippen molar-refractivity contribution in [3.63, 3.8) is 0 Å². The Morgan fingerprint density at radius 3 is 2.59 bits per heavy atom. The van der Waals surface area contributed by atoms with Crippen LogP contribution in [0.2, 0.25) is 0 Å². The predicted octanol–water partition coefficient (Wildman–Crippen LogP) is 1.65. The standard InChI is InChI=1S/C19H18N6O2/c26-18-8-15(11-24(18)10-14-4-2-1-3-5-14)19(27)23-16-6-7-17(20-9-16)25-12-21-22-13-25/h1-7,9,12-13,15H,8,10-11H2,(H,23,27). The minimum Gasteiger partial charge on any atom is -0.338 e. The molecule has 0 aliphatic carbocycles. The highest BCUT2D eigenvalue weighted by Gasteiger charge is 2.34. The van der Waals surface area contributed by atoms with Gasteiger partial charge in [0.05, 0.1) is 17.8 Å². The van der Waals surface area contributed by atoms with Gasteiger partial charge in [0.1, 0.15) is 18.5 Å². The van der Waals surface area contributed by atoms with E-state index >= 15 is 0 Å². The van der Waals surface area contributed by atoms with Gasteiger partial charge in [0.2, 0.25) is 11.8 Å². The Labute approximate surface area is 155 Å². The molecule has 1 atom stereocenters. The number of carbonyl (C=O) groups is 2. The molecule has 4 rings (SSSR count). The van der Waals surface area contributed by atoms with E-state index in [1.54, 1.807) is 40.5 Å². The maximum absolute atomic E-state index is 12.5. The molecule has 1 fully saturated rings. The van der Waals surface area contributed by atoms with Crippen molar-refractivity contribution in [2.45, 2.75) is 13.0 Å². The van der Waals surface area contributed by atoms with Gasteiger partial charge in [-0.15, -0.1) is 10.2 Å². The lowest BCUT2D eigenvalue weighted by Gasteiger charge is -2.16. The first kappa shape index (κ1) is 16.9. The minimum absolute atomic E-state index is 0.0000776. The summed E-state index contributed by atoms with van der Waals surface area (Å²) in [6.45, 7) is 0.949. The van der Waals surface area contributed by atoms with Crippen LogP contribution in [-0.4, -0.2) is 43.0 Å². The van der Waals surface area contributed by atoms with Crippen molar-refractivity contribution in [2.75, 3.05) is 11.9 Å². The van der Waals surface area contributed by atoms with Crippen LogP contribution in [0.25, 0.3) is 5.82 Å². The van der Waals surface area contributed by atoms with Gasteiger partial charge in [-0.25, -0.2) is 4.98 Å². The van der Waals surface area contributed by atoms with E-state index in [0.717, 1.165) is 5.56 Å². The van der Waals surface area contributed by atoms with Crippen molar-refractivity contribution in [3.8, 4) is 5.82 Å². The van der Waals surface area contributed by atoms with Crippen LogP contribution in [0.5, 0.6) is 0 Å². The summed E-state index contributed by atoms with van der Waals surface area (Å²) in [5.41, 5.74) is 1.64.